The van der Waals surface area contributed by atoms with Crippen LogP contribution < -0.4 is 0 Å². The number of carboxylic acid groups (broad SMARTS) is 1. The maximum absolute atomic E-state index is 11.2. The fourth-order valence-corrected chi connectivity index (χ4v) is 3.30. The molecule has 94 valence electrons. The van der Waals surface area contributed by atoms with Crippen LogP contribution in [0.2, 0.25) is 0 Å². The zero-order valence-corrected chi connectivity index (χ0v) is 10.1. The summed E-state index contributed by atoms with van der Waals surface area (Å²) in [6, 6.07) is 1.60. The van der Waals surface area contributed by atoms with Crippen molar-refractivity contribution in [2.45, 2.75) is 37.6 Å². The Balaban J connectivity index is 2.59. The fourth-order valence-electron chi connectivity index (χ4n) is 2.08. The summed E-state index contributed by atoms with van der Waals surface area (Å²) in [5.41, 5.74) is -1.89. The van der Waals surface area contributed by atoms with E-state index in [4.69, 9.17) is 5.11 Å². The van der Waals surface area contributed by atoms with Crippen molar-refractivity contribution in [2.24, 2.45) is 0 Å². The molecule has 4 N–H and O–H groups in total. The Labute approximate surface area is 102 Å². The van der Waals surface area contributed by atoms with Crippen LogP contribution in [0, 0.1) is 0 Å². The molecule has 0 aromatic carbocycles. The van der Waals surface area contributed by atoms with Crippen LogP contribution >= 0.6 is 11.3 Å². The van der Waals surface area contributed by atoms with Gasteiger partial charge in [0.05, 0.1) is 6.10 Å². The number of hydrogen-bond acceptors (Lipinski definition) is 5. The molecule has 0 radical (unpaired) electrons. The topological polar surface area (TPSA) is 98.0 Å². The highest BCUT2D eigenvalue weighted by molar-refractivity contribution is 7.12. The zero-order chi connectivity index (χ0) is 12.8. The molecule has 0 saturated carbocycles. The SMILES string of the molecule is CCc1cc2c(s1)C(O)C(O)CC2(O)C(=O)O. The van der Waals surface area contributed by atoms with Crippen LogP contribution in [0.4, 0.5) is 0 Å². The number of hydrogen-bond donors (Lipinski definition) is 4. The average Bonchev–Trinajstić information content (AvgIpc) is 2.70. The van der Waals surface area contributed by atoms with E-state index in [-0.39, 0.29) is 5.56 Å². The van der Waals surface area contributed by atoms with Gasteiger partial charge >= 0.3 is 5.97 Å². The monoisotopic (exact) mass is 258 g/mol. The van der Waals surface area contributed by atoms with Crippen molar-refractivity contribution in [1.82, 2.24) is 0 Å². The molecular formula is C11H14O5S. The largest absolute Gasteiger partial charge is 0.479 e. The minimum Gasteiger partial charge on any atom is -0.479 e. The van der Waals surface area contributed by atoms with E-state index in [0.717, 1.165) is 4.88 Å². The Morgan fingerprint density at radius 2 is 2.24 bits per heavy atom. The molecule has 1 heterocycles. The molecule has 0 bridgehead atoms. The van der Waals surface area contributed by atoms with Crippen molar-refractivity contribution in [3.63, 3.8) is 0 Å². The van der Waals surface area contributed by atoms with Crippen LogP contribution in [0.25, 0.3) is 0 Å². The lowest BCUT2D eigenvalue weighted by atomic mass is 9.80. The van der Waals surface area contributed by atoms with Crippen molar-refractivity contribution in [1.29, 1.82) is 0 Å². The third-order valence-electron chi connectivity index (χ3n) is 3.10. The van der Waals surface area contributed by atoms with Gasteiger partial charge < -0.3 is 20.4 Å². The van der Waals surface area contributed by atoms with E-state index in [1.165, 1.54) is 11.3 Å². The lowest BCUT2D eigenvalue weighted by Gasteiger charge is -2.34. The van der Waals surface area contributed by atoms with Gasteiger partial charge in [0.15, 0.2) is 5.60 Å². The number of aryl methyl sites for hydroxylation is 1. The highest BCUT2D eigenvalue weighted by Gasteiger charge is 2.49. The van der Waals surface area contributed by atoms with Crippen LogP contribution in [0.15, 0.2) is 6.07 Å². The molecule has 0 amide bonds. The Kier molecular flexibility index (Phi) is 2.99. The summed E-state index contributed by atoms with van der Waals surface area (Å²) in [6.45, 7) is 1.90. The van der Waals surface area contributed by atoms with Crippen LogP contribution in [-0.4, -0.2) is 32.5 Å². The number of aliphatic hydroxyl groups excluding tert-OH is 2. The molecule has 6 heteroatoms. The molecule has 0 spiro atoms. The Hall–Kier alpha value is -0.950. The van der Waals surface area contributed by atoms with E-state index in [0.29, 0.717) is 11.3 Å². The molecule has 0 aliphatic heterocycles. The molecule has 1 aliphatic rings. The molecule has 3 unspecified atom stereocenters. The van der Waals surface area contributed by atoms with Crippen molar-refractivity contribution >= 4 is 17.3 Å². The number of aliphatic carboxylic acids is 1. The van der Waals surface area contributed by atoms with Crippen molar-refractivity contribution in [3.8, 4) is 0 Å². The highest BCUT2D eigenvalue weighted by Crippen LogP contribution is 2.45. The average molecular weight is 258 g/mol. The molecule has 1 aliphatic carbocycles. The lowest BCUT2D eigenvalue weighted by molar-refractivity contribution is -0.168. The third-order valence-corrected chi connectivity index (χ3v) is 4.45. The highest BCUT2D eigenvalue weighted by atomic mass is 32.1. The summed E-state index contributed by atoms with van der Waals surface area (Å²) in [6.07, 6.45) is -2.08. The van der Waals surface area contributed by atoms with Crippen molar-refractivity contribution in [2.75, 3.05) is 0 Å². The van der Waals surface area contributed by atoms with Gasteiger partial charge in [0.25, 0.3) is 0 Å². The van der Waals surface area contributed by atoms with Crippen molar-refractivity contribution in [3.05, 3.63) is 21.4 Å². The van der Waals surface area contributed by atoms with Gasteiger partial charge in [-0.2, -0.15) is 0 Å². The molecule has 17 heavy (non-hydrogen) atoms. The molecule has 3 atom stereocenters. The molecule has 0 saturated heterocycles. The van der Waals surface area contributed by atoms with Gasteiger partial charge in [-0.15, -0.1) is 11.3 Å². The van der Waals surface area contributed by atoms with Crippen LogP contribution in [0.5, 0.6) is 0 Å². The number of thiophene rings is 1. The fraction of sp³-hybridized carbons (Fsp3) is 0.545. The van der Waals surface area contributed by atoms with Gasteiger partial charge in [0.1, 0.15) is 6.10 Å². The van der Waals surface area contributed by atoms with Crippen LogP contribution in [0.1, 0.15) is 34.8 Å². The minimum absolute atomic E-state index is 0.213. The summed E-state index contributed by atoms with van der Waals surface area (Å²) in [4.78, 5) is 12.4. The van der Waals surface area contributed by atoms with Gasteiger partial charge in [0.2, 0.25) is 0 Å². The summed E-state index contributed by atoms with van der Waals surface area (Å²) >= 11 is 1.23. The van der Waals surface area contributed by atoms with E-state index in [2.05, 4.69) is 0 Å². The smallest absolute Gasteiger partial charge is 0.340 e. The number of rotatable bonds is 2. The second-order valence-electron chi connectivity index (χ2n) is 4.23. The molecule has 1 aromatic rings. The number of fused-ring (bicyclic) bond motifs is 1. The van der Waals surface area contributed by atoms with Gasteiger partial charge in [-0.25, -0.2) is 4.79 Å². The van der Waals surface area contributed by atoms with Gasteiger partial charge in [0, 0.05) is 21.7 Å². The first-order valence-electron chi connectivity index (χ1n) is 5.35. The van der Waals surface area contributed by atoms with Gasteiger partial charge in [-0.05, 0) is 12.5 Å². The second-order valence-corrected chi connectivity index (χ2v) is 5.39. The van der Waals surface area contributed by atoms with Crippen molar-refractivity contribution < 1.29 is 25.2 Å². The maximum atomic E-state index is 11.2. The lowest BCUT2D eigenvalue weighted by Crippen LogP contribution is -2.44. The maximum Gasteiger partial charge on any atom is 0.340 e. The van der Waals surface area contributed by atoms with E-state index in [1.54, 1.807) is 6.07 Å². The predicted octanol–water partition coefficient (Wildman–Crippen LogP) is 0.381. The molecule has 1 aromatic heterocycles. The molecule has 0 fully saturated rings. The van der Waals surface area contributed by atoms with Gasteiger partial charge in [-0.3, -0.25) is 0 Å². The summed E-state index contributed by atoms with van der Waals surface area (Å²) in [5, 5.41) is 38.7. The quantitative estimate of drug-likeness (QED) is 0.615. The number of aliphatic hydroxyl groups is 3. The first-order valence-corrected chi connectivity index (χ1v) is 6.16. The summed E-state index contributed by atoms with van der Waals surface area (Å²) in [7, 11) is 0. The summed E-state index contributed by atoms with van der Waals surface area (Å²) in [5.74, 6) is -1.40. The second kappa shape index (κ2) is 4.06. The van der Waals surface area contributed by atoms with E-state index >= 15 is 0 Å². The Bertz CT molecular complexity index is 455. The minimum atomic E-state index is -2.10. The molecular weight excluding hydrogens is 244 g/mol. The normalized spacial score (nSPS) is 32.2. The zero-order valence-electron chi connectivity index (χ0n) is 9.25. The number of carbonyl (C=O) groups is 1. The first kappa shape index (κ1) is 12.5. The van der Waals surface area contributed by atoms with Crippen LogP contribution in [-0.2, 0) is 16.8 Å². The summed E-state index contributed by atoms with van der Waals surface area (Å²) < 4.78 is 0. The number of carboxylic acids is 1. The standard InChI is InChI=1S/C11H14O5S/c1-2-5-3-6-9(17-5)8(13)7(12)4-11(6,16)10(14)15/h3,7-8,12-13,16H,2,4H2,1H3,(H,14,15). The van der Waals surface area contributed by atoms with E-state index < -0.39 is 30.2 Å². The first-order chi connectivity index (χ1) is 7.90. The Morgan fingerprint density at radius 3 is 2.76 bits per heavy atom. The molecule has 2 rings (SSSR count). The molecule has 5 nitrogen and oxygen atoms in total. The van der Waals surface area contributed by atoms with Gasteiger partial charge in [-0.1, -0.05) is 6.92 Å². The van der Waals surface area contributed by atoms with E-state index in [1.807, 2.05) is 6.92 Å². The van der Waals surface area contributed by atoms with Crippen LogP contribution in [0.3, 0.4) is 0 Å². The Morgan fingerprint density at radius 1 is 1.59 bits per heavy atom. The third kappa shape index (κ3) is 1.77. The predicted molar refractivity (Wildman–Crippen MR) is 60.8 cm³/mol. The van der Waals surface area contributed by atoms with E-state index in [9.17, 15) is 20.1 Å².